The minimum atomic E-state index is -3.52. The molecule has 0 bridgehead atoms. The predicted octanol–water partition coefficient (Wildman–Crippen LogP) is 3.11. The zero-order chi connectivity index (χ0) is 13.1. The molecule has 0 aliphatic carbocycles. The summed E-state index contributed by atoms with van der Waals surface area (Å²) in [6.45, 7) is 2.38. The number of nitrogens with zero attached hydrogens (tertiary/aromatic N) is 1. The lowest BCUT2D eigenvalue weighted by Gasteiger charge is -2.17. The molecule has 0 spiro atoms. The fraction of sp³-hybridized carbons (Fsp3) is 0.455. The minimum absolute atomic E-state index is 0.119. The van der Waals surface area contributed by atoms with E-state index in [4.69, 9.17) is 23.2 Å². The minimum Gasteiger partial charge on any atom is -0.207 e. The number of sulfonamides is 1. The zero-order valence-corrected chi connectivity index (χ0v) is 12.1. The molecule has 0 atom stereocenters. The molecule has 0 aliphatic rings. The van der Waals surface area contributed by atoms with Gasteiger partial charge in [0.15, 0.2) is 0 Å². The van der Waals surface area contributed by atoms with E-state index in [0.29, 0.717) is 6.54 Å². The Kier molecular flexibility index (Phi) is 5.25. The van der Waals surface area contributed by atoms with Crippen LogP contribution >= 0.6 is 23.2 Å². The summed E-state index contributed by atoms with van der Waals surface area (Å²) in [7, 11) is -1.98. The molecule has 17 heavy (non-hydrogen) atoms. The highest BCUT2D eigenvalue weighted by atomic mass is 35.5. The van der Waals surface area contributed by atoms with Crippen LogP contribution in [0.5, 0.6) is 0 Å². The first-order valence-corrected chi connectivity index (χ1v) is 7.59. The molecule has 0 aliphatic heterocycles. The zero-order valence-electron chi connectivity index (χ0n) is 9.78. The third kappa shape index (κ3) is 3.35. The van der Waals surface area contributed by atoms with Crippen LogP contribution < -0.4 is 0 Å². The molecule has 96 valence electrons. The molecule has 0 N–H and O–H groups in total. The maximum Gasteiger partial charge on any atom is 0.244 e. The van der Waals surface area contributed by atoms with Crippen molar-refractivity contribution in [3.05, 3.63) is 28.8 Å². The quantitative estimate of drug-likeness (QED) is 0.783. The van der Waals surface area contributed by atoms with Gasteiger partial charge in [0.1, 0.15) is 4.90 Å². The van der Waals surface area contributed by atoms with Gasteiger partial charge < -0.3 is 0 Å². The van der Waals surface area contributed by atoms with Crippen LogP contribution in [0.15, 0.2) is 23.1 Å². The molecular formula is C11H15Cl2NO2S. The molecule has 0 fully saturated rings. The van der Waals surface area contributed by atoms with Crippen molar-refractivity contribution in [2.45, 2.75) is 24.1 Å². The van der Waals surface area contributed by atoms with Gasteiger partial charge in [-0.1, -0.05) is 24.6 Å². The molecule has 1 aromatic carbocycles. The largest absolute Gasteiger partial charge is 0.244 e. The van der Waals surface area contributed by atoms with Crippen molar-refractivity contribution in [2.24, 2.45) is 0 Å². The topological polar surface area (TPSA) is 37.4 Å². The Balaban J connectivity index is 3.22. The molecule has 0 unspecified atom stereocenters. The monoisotopic (exact) mass is 295 g/mol. The van der Waals surface area contributed by atoms with E-state index in [1.54, 1.807) is 19.2 Å². The first-order valence-electron chi connectivity index (χ1n) is 5.24. The highest BCUT2D eigenvalue weighted by Crippen LogP contribution is 2.25. The number of rotatable bonds is 5. The van der Waals surface area contributed by atoms with Crippen LogP contribution in [0.2, 0.25) is 5.02 Å². The molecule has 0 aromatic heterocycles. The number of benzene rings is 1. The van der Waals surface area contributed by atoms with Gasteiger partial charge in [-0.3, -0.25) is 0 Å². The summed E-state index contributed by atoms with van der Waals surface area (Å²) in [4.78, 5) is 0.119. The highest BCUT2D eigenvalue weighted by molar-refractivity contribution is 7.89. The number of hydrogen-bond donors (Lipinski definition) is 0. The Labute approximate surface area is 112 Å². The number of hydrogen-bond acceptors (Lipinski definition) is 2. The summed E-state index contributed by atoms with van der Waals surface area (Å²) < 4.78 is 25.7. The molecule has 0 heterocycles. The normalized spacial score (nSPS) is 12.1. The standard InChI is InChI=1S/C11H15Cl2NO2S/c1-3-6-14(2)17(15,16)11-7-9(8-12)4-5-10(11)13/h4-5,7H,3,6,8H2,1-2H3. The molecule has 1 aromatic rings. The van der Waals surface area contributed by atoms with E-state index in [0.717, 1.165) is 12.0 Å². The van der Waals surface area contributed by atoms with Gasteiger partial charge in [-0.05, 0) is 24.1 Å². The van der Waals surface area contributed by atoms with Crippen molar-refractivity contribution >= 4 is 33.2 Å². The SMILES string of the molecule is CCCN(C)S(=O)(=O)c1cc(CCl)ccc1Cl. The second-order valence-corrected chi connectivity index (χ2v) is 6.41. The van der Waals surface area contributed by atoms with Crippen LogP contribution in [0, 0.1) is 0 Å². The first kappa shape index (κ1) is 14.8. The predicted molar refractivity (Wildman–Crippen MR) is 71.1 cm³/mol. The average Bonchev–Trinajstić information content (AvgIpc) is 2.29. The van der Waals surface area contributed by atoms with Gasteiger partial charge in [0, 0.05) is 19.5 Å². The Morgan fingerprint density at radius 2 is 2.00 bits per heavy atom. The van der Waals surface area contributed by atoms with Gasteiger partial charge in [-0.2, -0.15) is 0 Å². The maximum atomic E-state index is 12.2. The van der Waals surface area contributed by atoms with Crippen LogP contribution in [0.3, 0.4) is 0 Å². The number of alkyl halides is 1. The van der Waals surface area contributed by atoms with Crippen molar-refractivity contribution in [2.75, 3.05) is 13.6 Å². The Hall–Kier alpha value is -0.290. The number of halogens is 2. The van der Waals surface area contributed by atoms with Gasteiger partial charge in [0.25, 0.3) is 0 Å². The van der Waals surface area contributed by atoms with Crippen molar-refractivity contribution in [1.29, 1.82) is 0 Å². The van der Waals surface area contributed by atoms with E-state index >= 15 is 0 Å². The van der Waals surface area contributed by atoms with Crippen LogP contribution in [-0.4, -0.2) is 26.3 Å². The van der Waals surface area contributed by atoms with E-state index in [1.165, 1.54) is 10.4 Å². The molecular weight excluding hydrogens is 281 g/mol. The Bertz CT molecular complexity index is 488. The third-order valence-electron chi connectivity index (χ3n) is 2.38. The van der Waals surface area contributed by atoms with Gasteiger partial charge in [-0.25, -0.2) is 12.7 Å². The lowest BCUT2D eigenvalue weighted by molar-refractivity contribution is 0.468. The molecule has 1 rings (SSSR count). The summed E-state index contributed by atoms with van der Waals surface area (Å²) in [5.74, 6) is 0.261. The summed E-state index contributed by atoms with van der Waals surface area (Å²) in [5.41, 5.74) is 0.736. The van der Waals surface area contributed by atoms with Crippen LogP contribution in [0.25, 0.3) is 0 Å². The summed E-state index contributed by atoms with van der Waals surface area (Å²) >= 11 is 11.6. The molecule has 0 saturated carbocycles. The van der Waals surface area contributed by atoms with E-state index in [9.17, 15) is 8.42 Å². The van der Waals surface area contributed by atoms with E-state index in [-0.39, 0.29) is 15.8 Å². The maximum absolute atomic E-state index is 12.2. The van der Waals surface area contributed by atoms with Crippen molar-refractivity contribution in [3.8, 4) is 0 Å². The first-order chi connectivity index (χ1) is 7.93. The average molecular weight is 296 g/mol. The molecule has 6 heteroatoms. The second kappa shape index (κ2) is 6.05. The Morgan fingerprint density at radius 1 is 1.35 bits per heavy atom. The van der Waals surface area contributed by atoms with E-state index in [1.807, 2.05) is 6.92 Å². The summed E-state index contributed by atoms with van der Waals surface area (Å²) in [5, 5.41) is 0.224. The van der Waals surface area contributed by atoms with Gasteiger partial charge in [-0.15, -0.1) is 11.6 Å². The summed E-state index contributed by atoms with van der Waals surface area (Å²) in [6.07, 6.45) is 0.753. The smallest absolute Gasteiger partial charge is 0.207 e. The Morgan fingerprint density at radius 3 is 2.53 bits per heavy atom. The summed E-state index contributed by atoms with van der Waals surface area (Å²) in [6, 6.07) is 4.80. The fourth-order valence-electron chi connectivity index (χ4n) is 1.43. The molecule has 0 radical (unpaired) electrons. The lowest BCUT2D eigenvalue weighted by Crippen LogP contribution is -2.28. The van der Waals surface area contributed by atoms with Crippen molar-refractivity contribution in [1.82, 2.24) is 4.31 Å². The third-order valence-corrected chi connectivity index (χ3v) is 5.02. The van der Waals surface area contributed by atoms with Crippen LogP contribution in [-0.2, 0) is 15.9 Å². The second-order valence-electron chi connectivity index (χ2n) is 3.72. The lowest BCUT2D eigenvalue weighted by atomic mass is 10.2. The van der Waals surface area contributed by atoms with Crippen molar-refractivity contribution in [3.63, 3.8) is 0 Å². The van der Waals surface area contributed by atoms with Gasteiger partial charge in [0.05, 0.1) is 5.02 Å². The van der Waals surface area contributed by atoms with Crippen LogP contribution in [0.4, 0.5) is 0 Å². The molecule has 0 saturated heterocycles. The van der Waals surface area contributed by atoms with Crippen molar-refractivity contribution < 1.29 is 8.42 Å². The van der Waals surface area contributed by atoms with E-state index < -0.39 is 10.0 Å². The van der Waals surface area contributed by atoms with Crippen LogP contribution in [0.1, 0.15) is 18.9 Å². The van der Waals surface area contributed by atoms with Gasteiger partial charge >= 0.3 is 0 Å². The molecule has 0 amide bonds. The van der Waals surface area contributed by atoms with Gasteiger partial charge in [0.2, 0.25) is 10.0 Å². The highest BCUT2D eigenvalue weighted by Gasteiger charge is 2.23. The fourth-order valence-corrected chi connectivity index (χ4v) is 3.38. The molecule has 3 nitrogen and oxygen atoms in total. The van der Waals surface area contributed by atoms with E-state index in [2.05, 4.69) is 0 Å².